The number of allylic oxidation sites excluding steroid dienone is 7. The molecule has 1 heteroatoms. The fraction of sp³-hybridized carbons (Fsp3) is 0.429. The molecule has 0 aromatic heterocycles. The lowest BCUT2D eigenvalue weighted by atomic mass is 9.96. The van der Waals surface area contributed by atoms with Crippen molar-refractivity contribution in [2.45, 2.75) is 38.5 Å². The maximum absolute atomic E-state index is 3.64. The first-order valence-corrected chi connectivity index (χ1v) is 5.97. The van der Waals surface area contributed by atoms with Crippen LogP contribution in [0.25, 0.3) is 0 Å². The summed E-state index contributed by atoms with van der Waals surface area (Å²) >= 11 is 0. The van der Waals surface area contributed by atoms with Crippen LogP contribution in [0, 0.1) is 0 Å². The zero-order chi connectivity index (χ0) is 10.1. The smallest absolute Gasteiger partial charge is 0.0370 e. The lowest BCUT2D eigenvalue weighted by Gasteiger charge is -2.18. The van der Waals surface area contributed by atoms with Gasteiger partial charge in [-0.2, -0.15) is 0 Å². The second-order valence-corrected chi connectivity index (χ2v) is 4.53. The van der Waals surface area contributed by atoms with Gasteiger partial charge in [-0.3, -0.25) is 0 Å². The van der Waals surface area contributed by atoms with Crippen molar-refractivity contribution in [3.05, 3.63) is 46.8 Å². The lowest BCUT2D eigenvalue weighted by molar-refractivity contribution is 0.815. The van der Waals surface area contributed by atoms with Crippen molar-refractivity contribution in [1.29, 1.82) is 0 Å². The fourth-order valence-electron chi connectivity index (χ4n) is 2.64. The topological polar surface area (TPSA) is 12.0 Å². The van der Waals surface area contributed by atoms with Crippen molar-refractivity contribution >= 4 is 0 Å². The second kappa shape index (κ2) is 3.73. The molecule has 0 aromatic carbocycles. The van der Waals surface area contributed by atoms with Gasteiger partial charge in [-0.05, 0) is 55.7 Å². The van der Waals surface area contributed by atoms with Gasteiger partial charge in [-0.1, -0.05) is 18.2 Å². The van der Waals surface area contributed by atoms with Crippen LogP contribution in [0.1, 0.15) is 38.5 Å². The second-order valence-electron chi connectivity index (χ2n) is 4.53. The fourth-order valence-corrected chi connectivity index (χ4v) is 2.64. The summed E-state index contributed by atoms with van der Waals surface area (Å²) in [6, 6.07) is 0. The van der Waals surface area contributed by atoms with Gasteiger partial charge in [0, 0.05) is 11.4 Å². The van der Waals surface area contributed by atoms with Gasteiger partial charge in [-0.15, -0.1) is 0 Å². The molecule has 0 saturated carbocycles. The minimum Gasteiger partial charge on any atom is -0.359 e. The van der Waals surface area contributed by atoms with Crippen LogP contribution in [0.3, 0.4) is 0 Å². The molecule has 78 valence electrons. The van der Waals surface area contributed by atoms with Gasteiger partial charge in [-0.25, -0.2) is 0 Å². The molecule has 0 aromatic rings. The third-order valence-electron chi connectivity index (χ3n) is 3.53. The zero-order valence-corrected chi connectivity index (χ0v) is 9.05. The molecular weight excluding hydrogens is 182 g/mol. The van der Waals surface area contributed by atoms with Gasteiger partial charge >= 0.3 is 0 Å². The van der Waals surface area contributed by atoms with Crippen molar-refractivity contribution in [2.24, 2.45) is 0 Å². The number of nitrogens with one attached hydrogen (secondary N) is 1. The Morgan fingerprint density at radius 3 is 2.73 bits per heavy atom. The molecule has 1 nitrogen and oxygen atoms in total. The van der Waals surface area contributed by atoms with E-state index in [9.17, 15) is 0 Å². The highest BCUT2D eigenvalue weighted by atomic mass is 14.9. The van der Waals surface area contributed by atoms with Crippen LogP contribution in [0.4, 0.5) is 0 Å². The van der Waals surface area contributed by atoms with Crippen LogP contribution >= 0.6 is 0 Å². The summed E-state index contributed by atoms with van der Waals surface area (Å²) in [6.45, 7) is 0. The van der Waals surface area contributed by atoms with E-state index in [1.807, 2.05) is 0 Å². The van der Waals surface area contributed by atoms with Crippen LogP contribution in [0.2, 0.25) is 0 Å². The Kier molecular flexibility index (Phi) is 2.24. The monoisotopic (exact) mass is 199 g/mol. The van der Waals surface area contributed by atoms with E-state index in [0.717, 1.165) is 0 Å². The van der Waals surface area contributed by atoms with E-state index in [4.69, 9.17) is 0 Å². The van der Waals surface area contributed by atoms with Gasteiger partial charge in [0.2, 0.25) is 0 Å². The van der Waals surface area contributed by atoms with Crippen molar-refractivity contribution in [2.75, 3.05) is 0 Å². The summed E-state index contributed by atoms with van der Waals surface area (Å²) in [5.41, 5.74) is 6.01. The predicted molar refractivity (Wildman–Crippen MR) is 63.2 cm³/mol. The van der Waals surface area contributed by atoms with Crippen LogP contribution < -0.4 is 5.32 Å². The molecule has 0 saturated heterocycles. The molecule has 0 radical (unpaired) electrons. The van der Waals surface area contributed by atoms with E-state index in [1.165, 1.54) is 55.5 Å². The molecule has 0 fully saturated rings. The highest BCUT2D eigenvalue weighted by molar-refractivity contribution is 5.39. The normalized spacial score (nSPS) is 24.5. The number of hydrogen-bond donors (Lipinski definition) is 1. The van der Waals surface area contributed by atoms with E-state index >= 15 is 0 Å². The van der Waals surface area contributed by atoms with Crippen molar-refractivity contribution in [3.8, 4) is 0 Å². The predicted octanol–water partition coefficient (Wildman–Crippen LogP) is 3.58. The van der Waals surface area contributed by atoms with Crippen molar-refractivity contribution < 1.29 is 0 Å². The standard InChI is InChI=1S/C14H17N/c1-3-7-13-11(5-1)9-10-12-6-2-4-8-14(12)15-13/h1,4-5,8,15H,2-3,6-7,9-10H2. The molecule has 15 heavy (non-hydrogen) atoms. The first-order chi connectivity index (χ1) is 7.43. The Labute approximate surface area is 91.3 Å². The van der Waals surface area contributed by atoms with Crippen LogP contribution in [0.5, 0.6) is 0 Å². The summed E-state index contributed by atoms with van der Waals surface area (Å²) in [5, 5.41) is 3.64. The van der Waals surface area contributed by atoms with E-state index in [1.54, 1.807) is 5.57 Å². The minimum absolute atomic E-state index is 1.19. The molecular formula is C14H17N. The van der Waals surface area contributed by atoms with Gasteiger partial charge in [0.1, 0.15) is 0 Å². The number of hydrogen-bond acceptors (Lipinski definition) is 1. The van der Waals surface area contributed by atoms with Gasteiger partial charge < -0.3 is 5.32 Å². The minimum atomic E-state index is 1.19. The largest absolute Gasteiger partial charge is 0.359 e. The van der Waals surface area contributed by atoms with E-state index in [2.05, 4.69) is 29.6 Å². The summed E-state index contributed by atoms with van der Waals surface area (Å²) in [4.78, 5) is 0. The highest BCUT2D eigenvalue weighted by Crippen LogP contribution is 2.31. The average Bonchev–Trinajstić information content (AvgIpc) is 2.48. The highest BCUT2D eigenvalue weighted by Gasteiger charge is 2.17. The van der Waals surface area contributed by atoms with E-state index in [0.29, 0.717) is 0 Å². The van der Waals surface area contributed by atoms with Crippen molar-refractivity contribution in [3.63, 3.8) is 0 Å². The van der Waals surface area contributed by atoms with Gasteiger partial charge in [0.05, 0.1) is 0 Å². The summed E-state index contributed by atoms with van der Waals surface area (Å²) in [5.74, 6) is 0. The first-order valence-electron chi connectivity index (χ1n) is 5.97. The Balaban J connectivity index is 1.92. The maximum atomic E-state index is 3.64. The Hall–Kier alpha value is -1.24. The van der Waals surface area contributed by atoms with Crippen molar-refractivity contribution in [1.82, 2.24) is 5.32 Å². The molecule has 3 aliphatic rings. The van der Waals surface area contributed by atoms with Crippen LogP contribution in [-0.4, -0.2) is 0 Å². The first kappa shape index (κ1) is 9.02. The summed E-state index contributed by atoms with van der Waals surface area (Å²) in [7, 11) is 0. The molecule has 1 heterocycles. The molecule has 2 aliphatic carbocycles. The summed E-state index contributed by atoms with van der Waals surface area (Å²) in [6.07, 6.45) is 16.5. The van der Waals surface area contributed by atoms with Gasteiger partial charge in [0.15, 0.2) is 0 Å². The van der Waals surface area contributed by atoms with Crippen LogP contribution in [-0.2, 0) is 0 Å². The molecule has 0 spiro atoms. The zero-order valence-electron chi connectivity index (χ0n) is 9.05. The molecule has 0 unspecified atom stereocenters. The Bertz CT molecular complexity index is 394. The lowest BCUT2D eigenvalue weighted by Crippen LogP contribution is -2.15. The van der Waals surface area contributed by atoms with E-state index in [-0.39, 0.29) is 0 Å². The van der Waals surface area contributed by atoms with E-state index < -0.39 is 0 Å². The molecule has 0 amide bonds. The third kappa shape index (κ3) is 1.67. The Morgan fingerprint density at radius 1 is 0.867 bits per heavy atom. The Morgan fingerprint density at radius 2 is 1.73 bits per heavy atom. The maximum Gasteiger partial charge on any atom is 0.0370 e. The molecule has 1 aliphatic heterocycles. The summed E-state index contributed by atoms with van der Waals surface area (Å²) < 4.78 is 0. The number of rotatable bonds is 0. The molecule has 0 atom stereocenters. The molecule has 0 bridgehead atoms. The molecule has 3 rings (SSSR count). The SMILES string of the molecule is C1=CC2=C(CC1)CCC1=C(CCC=C1)N2. The average molecular weight is 199 g/mol. The van der Waals surface area contributed by atoms with Crippen LogP contribution in [0.15, 0.2) is 46.8 Å². The van der Waals surface area contributed by atoms with Gasteiger partial charge in [0.25, 0.3) is 0 Å². The molecule has 1 N–H and O–H groups in total. The quantitative estimate of drug-likeness (QED) is 0.628. The third-order valence-corrected chi connectivity index (χ3v) is 3.53.